The first-order valence-corrected chi connectivity index (χ1v) is 9.50. The van der Waals surface area contributed by atoms with Crippen LogP contribution in [0.4, 0.5) is 9.18 Å². The summed E-state index contributed by atoms with van der Waals surface area (Å²) in [6, 6.07) is 6.38. The maximum Gasteiger partial charge on any atom is 0.317 e. The zero-order valence-corrected chi connectivity index (χ0v) is 16.0. The van der Waals surface area contributed by atoms with E-state index in [2.05, 4.69) is 5.32 Å². The molecule has 25 heavy (non-hydrogen) atoms. The lowest BCUT2D eigenvalue weighted by molar-refractivity contribution is -0.128. The fraction of sp³-hybridized carbons (Fsp3) is 0.556. The number of carbonyl (C=O) groups excluding carboxylic acids is 2. The first-order chi connectivity index (χ1) is 11.7. The van der Waals surface area contributed by atoms with Gasteiger partial charge in [0.1, 0.15) is 11.2 Å². The van der Waals surface area contributed by atoms with Crippen molar-refractivity contribution < 1.29 is 14.0 Å². The minimum Gasteiger partial charge on any atom is -0.333 e. The minimum absolute atomic E-state index is 0.0227. The largest absolute Gasteiger partial charge is 0.333 e. The Bertz CT molecular complexity index is 633. The molecule has 1 aromatic rings. The fourth-order valence-electron chi connectivity index (χ4n) is 2.66. The van der Waals surface area contributed by atoms with Gasteiger partial charge in [0, 0.05) is 30.7 Å². The van der Waals surface area contributed by atoms with E-state index >= 15 is 0 Å². The van der Waals surface area contributed by atoms with E-state index in [9.17, 15) is 14.0 Å². The van der Waals surface area contributed by atoms with Crippen LogP contribution in [-0.2, 0) is 4.79 Å². The predicted molar refractivity (Wildman–Crippen MR) is 98.8 cm³/mol. The standard InChI is InChI=1S/C18H26FN3O2S/c1-5-21(17(24)20-18(2,3)4)10-11-22-15(23)12-25-16(22)13-8-6-7-9-14(13)19/h6-9,16H,5,10-12H2,1-4H3,(H,20,24)/t16-/m1/s1. The monoisotopic (exact) mass is 367 g/mol. The van der Waals surface area contributed by atoms with Crippen LogP contribution < -0.4 is 5.32 Å². The Kier molecular flexibility index (Phi) is 6.32. The number of nitrogens with zero attached hydrogens (tertiary/aromatic N) is 2. The number of carbonyl (C=O) groups is 2. The van der Waals surface area contributed by atoms with Crippen molar-refractivity contribution in [2.45, 2.75) is 38.6 Å². The Morgan fingerprint density at radius 2 is 2.08 bits per heavy atom. The lowest BCUT2D eigenvalue weighted by Crippen LogP contribution is -2.50. The van der Waals surface area contributed by atoms with Crippen LogP contribution in [0.3, 0.4) is 0 Å². The van der Waals surface area contributed by atoms with E-state index < -0.39 is 0 Å². The molecule has 0 unspecified atom stereocenters. The number of urea groups is 1. The Morgan fingerprint density at radius 3 is 2.68 bits per heavy atom. The normalized spacial score (nSPS) is 17.7. The second-order valence-electron chi connectivity index (χ2n) is 7.03. The second-order valence-corrected chi connectivity index (χ2v) is 8.10. The molecule has 1 N–H and O–H groups in total. The quantitative estimate of drug-likeness (QED) is 0.869. The van der Waals surface area contributed by atoms with E-state index in [0.29, 0.717) is 31.0 Å². The van der Waals surface area contributed by atoms with Gasteiger partial charge in [0.15, 0.2) is 0 Å². The van der Waals surface area contributed by atoms with E-state index in [1.807, 2.05) is 27.7 Å². The number of rotatable bonds is 5. The molecule has 0 saturated carbocycles. The zero-order chi connectivity index (χ0) is 18.6. The smallest absolute Gasteiger partial charge is 0.317 e. The number of hydrogen-bond donors (Lipinski definition) is 1. The highest BCUT2D eigenvalue weighted by Gasteiger charge is 2.34. The van der Waals surface area contributed by atoms with E-state index in [1.54, 1.807) is 28.0 Å². The van der Waals surface area contributed by atoms with E-state index in [0.717, 1.165) is 0 Å². The topological polar surface area (TPSA) is 52.7 Å². The van der Waals surface area contributed by atoms with Crippen molar-refractivity contribution in [3.63, 3.8) is 0 Å². The molecule has 0 spiro atoms. The molecule has 0 radical (unpaired) electrons. The molecular weight excluding hydrogens is 341 g/mol. The van der Waals surface area contributed by atoms with Gasteiger partial charge in [0.05, 0.1) is 5.75 Å². The molecule has 138 valence electrons. The molecule has 1 aliphatic heterocycles. The molecule has 0 aliphatic carbocycles. The van der Waals surface area contributed by atoms with Gasteiger partial charge in [0.25, 0.3) is 0 Å². The molecule has 1 aliphatic rings. The van der Waals surface area contributed by atoms with Crippen LogP contribution in [-0.4, -0.2) is 52.7 Å². The highest BCUT2D eigenvalue weighted by molar-refractivity contribution is 8.00. The number of amides is 3. The number of halogens is 1. The van der Waals surface area contributed by atoms with Crippen molar-refractivity contribution in [3.05, 3.63) is 35.6 Å². The summed E-state index contributed by atoms with van der Waals surface area (Å²) in [5.74, 6) is 0.00215. The van der Waals surface area contributed by atoms with Gasteiger partial charge in [-0.2, -0.15) is 0 Å². The van der Waals surface area contributed by atoms with Gasteiger partial charge in [0.2, 0.25) is 5.91 Å². The van der Waals surface area contributed by atoms with Crippen LogP contribution in [0.1, 0.15) is 38.6 Å². The van der Waals surface area contributed by atoms with Crippen molar-refractivity contribution in [2.75, 3.05) is 25.4 Å². The molecule has 2 rings (SSSR count). The number of thioether (sulfide) groups is 1. The average Bonchev–Trinajstić information content (AvgIpc) is 2.88. The summed E-state index contributed by atoms with van der Waals surface area (Å²) in [5.41, 5.74) is 0.194. The van der Waals surface area contributed by atoms with Gasteiger partial charge in [-0.05, 0) is 33.8 Å². The van der Waals surface area contributed by atoms with Gasteiger partial charge in [-0.3, -0.25) is 4.79 Å². The van der Waals surface area contributed by atoms with E-state index in [1.165, 1.54) is 17.8 Å². The van der Waals surface area contributed by atoms with Crippen LogP contribution in [0.2, 0.25) is 0 Å². The van der Waals surface area contributed by atoms with Gasteiger partial charge >= 0.3 is 6.03 Å². The number of likely N-dealkylation sites (N-methyl/N-ethyl adjacent to an activating group) is 1. The molecule has 0 bridgehead atoms. The Labute approximate surface area is 152 Å². The molecular formula is C18H26FN3O2S. The summed E-state index contributed by atoms with van der Waals surface area (Å²) < 4.78 is 14.1. The van der Waals surface area contributed by atoms with Gasteiger partial charge in [-0.1, -0.05) is 18.2 Å². The molecule has 1 saturated heterocycles. The Balaban J connectivity index is 2.05. The molecule has 1 atom stereocenters. The molecule has 3 amide bonds. The van der Waals surface area contributed by atoms with Crippen molar-refractivity contribution in [2.24, 2.45) is 0 Å². The summed E-state index contributed by atoms with van der Waals surface area (Å²) >= 11 is 1.42. The van der Waals surface area contributed by atoms with Crippen molar-refractivity contribution >= 4 is 23.7 Å². The zero-order valence-electron chi connectivity index (χ0n) is 15.2. The Hall–Kier alpha value is -1.76. The van der Waals surface area contributed by atoms with Gasteiger partial charge in [-0.25, -0.2) is 9.18 Å². The minimum atomic E-state index is -0.335. The lowest BCUT2D eigenvalue weighted by atomic mass is 10.1. The highest BCUT2D eigenvalue weighted by atomic mass is 32.2. The summed E-state index contributed by atoms with van der Waals surface area (Å²) in [6.45, 7) is 9.01. The molecule has 5 nitrogen and oxygen atoms in total. The number of benzene rings is 1. The average molecular weight is 367 g/mol. The molecule has 1 aromatic carbocycles. The van der Waals surface area contributed by atoms with Crippen LogP contribution >= 0.6 is 11.8 Å². The first-order valence-electron chi connectivity index (χ1n) is 8.45. The number of hydrogen-bond acceptors (Lipinski definition) is 3. The maximum absolute atomic E-state index is 14.1. The fourth-order valence-corrected chi connectivity index (χ4v) is 3.90. The second kappa shape index (κ2) is 8.08. The summed E-state index contributed by atoms with van der Waals surface area (Å²) in [5, 5.41) is 2.59. The SMILES string of the molecule is CCN(CCN1C(=O)CS[C@@H]1c1ccccc1F)C(=O)NC(C)(C)C. The summed E-state index contributed by atoms with van der Waals surface area (Å²) in [4.78, 5) is 27.9. The first kappa shape index (κ1) is 19.6. The third-order valence-corrected chi connectivity index (χ3v) is 5.14. The third kappa shape index (κ3) is 5.11. The molecule has 7 heteroatoms. The van der Waals surface area contributed by atoms with Crippen LogP contribution in [0, 0.1) is 5.82 Å². The van der Waals surface area contributed by atoms with Crippen LogP contribution in [0.25, 0.3) is 0 Å². The van der Waals surface area contributed by atoms with Gasteiger partial charge in [-0.15, -0.1) is 11.8 Å². The van der Waals surface area contributed by atoms with E-state index in [-0.39, 0.29) is 28.7 Å². The molecule has 1 heterocycles. The van der Waals surface area contributed by atoms with Crippen molar-refractivity contribution in [1.82, 2.24) is 15.1 Å². The summed E-state index contributed by atoms with van der Waals surface area (Å²) in [7, 11) is 0. The van der Waals surface area contributed by atoms with Crippen molar-refractivity contribution in [3.8, 4) is 0 Å². The predicted octanol–water partition coefficient (Wildman–Crippen LogP) is 3.23. The van der Waals surface area contributed by atoms with E-state index in [4.69, 9.17) is 0 Å². The van der Waals surface area contributed by atoms with Crippen LogP contribution in [0.15, 0.2) is 24.3 Å². The Morgan fingerprint density at radius 1 is 1.40 bits per heavy atom. The lowest BCUT2D eigenvalue weighted by Gasteiger charge is -2.30. The van der Waals surface area contributed by atoms with Crippen molar-refractivity contribution in [1.29, 1.82) is 0 Å². The molecule has 1 fully saturated rings. The third-order valence-electron chi connectivity index (χ3n) is 3.90. The highest BCUT2D eigenvalue weighted by Crippen LogP contribution is 2.39. The maximum atomic E-state index is 14.1. The molecule has 0 aromatic heterocycles. The number of nitrogens with one attached hydrogen (secondary N) is 1. The van der Waals surface area contributed by atoms with Gasteiger partial charge < -0.3 is 15.1 Å². The summed E-state index contributed by atoms with van der Waals surface area (Å²) in [6.07, 6.45) is 0. The van der Waals surface area contributed by atoms with Crippen LogP contribution in [0.5, 0.6) is 0 Å².